The second-order valence-electron chi connectivity index (χ2n) is 3.36. The third-order valence-corrected chi connectivity index (χ3v) is 1.96. The van der Waals surface area contributed by atoms with Gasteiger partial charge in [0.25, 0.3) is 0 Å². The van der Waals surface area contributed by atoms with Gasteiger partial charge in [0.2, 0.25) is 11.6 Å². The van der Waals surface area contributed by atoms with Crippen LogP contribution in [0.15, 0.2) is 6.07 Å². The Morgan fingerprint density at radius 1 is 1.40 bits per heavy atom. The molecule has 1 amide bonds. The third-order valence-electron chi connectivity index (χ3n) is 1.96. The van der Waals surface area contributed by atoms with Crippen LogP contribution in [-0.4, -0.2) is 25.7 Å². The average Bonchev–Trinajstić information content (AvgIpc) is 2.47. The van der Waals surface area contributed by atoms with E-state index in [1.165, 1.54) is 6.92 Å². The summed E-state index contributed by atoms with van der Waals surface area (Å²) in [5, 5.41) is 14.8. The molecule has 0 bridgehead atoms. The molecule has 2 aromatic rings. The maximum Gasteiger partial charge on any atom is 0.221 e. The number of carbonyl (C=O) groups is 1. The molecule has 0 saturated carbocycles. The van der Waals surface area contributed by atoms with Crippen molar-refractivity contribution in [1.82, 2.24) is 19.8 Å². The quantitative estimate of drug-likeness (QED) is 0.743. The van der Waals surface area contributed by atoms with Crippen LogP contribution >= 0.6 is 0 Å². The number of rotatable bonds is 1. The molecule has 0 fully saturated rings. The number of hydrogen-bond donors (Lipinski definition) is 1. The molecule has 2 rings (SSSR count). The molecule has 0 unspecified atom stereocenters. The zero-order valence-corrected chi connectivity index (χ0v) is 8.77. The van der Waals surface area contributed by atoms with Gasteiger partial charge >= 0.3 is 0 Å². The summed E-state index contributed by atoms with van der Waals surface area (Å²) in [6, 6.07) is 1.77. The van der Waals surface area contributed by atoms with Crippen LogP contribution in [-0.2, 0) is 4.79 Å². The molecule has 2 heterocycles. The minimum Gasteiger partial charge on any atom is -0.323 e. The van der Waals surface area contributed by atoms with E-state index in [4.69, 9.17) is 0 Å². The molecule has 0 atom stereocenters. The van der Waals surface area contributed by atoms with Crippen LogP contribution in [0.4, 0.5) is 5.69 Å². The molecule has 0 aliphatic heterocycles. The largest absolute Gasteiger partial charge is 0.323 e. The molecule has 15 heavy (non-hydrogen) atoms. The molecule has 0 aliphatic carbocycles. The Balaban J connectivity index is 2.66. The molecule has 6 heteroatoms. The Labute approximate surface area is 86.3 Å². The summed E-state index contributed by atoms with van der Waals surface area (Å²) in [7, 11) is 0. The van der Waals surface area contributed by atoms with Gasteiger partial charge in [0.05, 0.1) is 11.4 Å². The van der Waals surface area contributed by atoms with Gasteiger partial charge in [-0.05, 0) is 19.9 Å². The van der Waals surface area contributed by atoms with Gasteiger partial charge in [-0.25, -0.2) is 0 Å². The zero-order valence-electron chi connectivity index (χ0n) is 8.77. The number of nitrogens with one attached hydrogen (secondary N) is 1. The van der Waals surface area contributed by atoms with Crippen LogP contribution in [0.3, 0.4) is 0 Å². The molecule has 0 radical (unpaired) electrons. The molecule has 0 saturated heterocycles. The minimum absolute atomic E-state index is 0.136. The van der Waals surface area contributed by atoms with Crippen molar-refractivity contribution in [3.8, 4) is 0 Å². The van der Waals surface area contributed by atoms with Crippen molar-refractivity contribution in [2.45, 2.75) is 20.8 Å². The van der Waals surface area contributed by atoms with Gasteiger partial charge in [-0.2, -0.15) is 9.61 Å². The Bertz CT molecular complexity index is 531. The molecular formula is C9H11N5O. The van der Waals surface area contributed by atoms with Gasteiger partial charge in [0.15, 0.2) is 5.82 Å². The van der Waals surface area contributed by atoms with E-state index in [0.29, 0.717) is 17.2 Å². The fourth-order valence-electron chi connectivity index (χ4n) is 1.39. The Morgan fingerprint density at radius 2 is 2.13 bits per heavy atom. The topological polar surface area (TPSA) is 72.2 Å². The zero-order chi connectivity index (χ0) is 11.0. The SMILES string of the molecule is CC(=O)Nc1cc(C)nn2c(C)nnc12. The van der Waals surface area contributed by atoms with Crippen molar-refractivity contribution in [3.63, 3.8) is 0 Å². The molecule has 1 N–H and O–H groups in total. The Hall–Kier alpha value is -1.98. The summed E-state index contributed by atoms with van der Waals surface area (Å²) in [6.45, 7) is 5.11. The molecule has 0 spiro atoms. The van der Waals surface area contributed by atoms with Gasteiger partial charge in [-0.3, -0.25) is 4.79 Å². The summed E-state index contributed by atoms with van der Waals surface area (Å²) in [4.78, 5) is 11.0. The molecule has 78 valence electrons. The van der Waals surface area contributed by atoms with Crippen molar-refractivity contribution in [2.24, 2.45) is 0 Å². The number of hydrogen-bond acceptors (Lipinski definition) is 4. The van der Waals surface area contributed by atoms with Crippen LogP contribution in [0.2, 0.25) is 0 Å². The second-order valence-corrected chi connectivity index (χ2v) is 3.36. The fourth-order valence-corrected chi connectivity index (χ4v) is 1.39. The monoisotopic (exact) mass is 205 g/mol. The van der Waals surface area contributed by atoms with Crippen LogP contribution in [0, 0.1) is 13.8 Å². The molecule has 0 aromatic carbocycles. The first-order chi connectivity index (χ1) is 7.08. The molecular weight excluding hydrogens is 194 g/mol. The van der Waals surface area contributed by atoms with Crippen LogP contribution < -0.4 is 5.32 Å². The van der Waals surface area contributed by atoms with Crippen molar-refractivity contribution in [2.75, 3.05) is 5.32 Å². The first-order valence-corrected chi connectivity index (χ1v) is 4.55. The summed E-state index contributed by atoms with van der Waals surface area (Å²) in [5.41, 5.74) is 2.00. The number of anilines is 1. The van der Waals surface area contributed by atoms with E-state index in [1.807, 2.05) is 13.8 Å². The summed E-state index contributed by atoms with van der Waals surface area (Å²) in [5.74, 6) is 0.559. The first-order valence-electron chi connectivity index (χ1n) is 4.55. The lowest BCUT2D eigenvalue weighted by Crippen LogP contribution is -2.09. The standard InChI is InChI=1S/C9H11N5O/c1-5-4-8(10-7(3)15)9-12-11-6(2)14(9)13-5/h4H,1-3H3,(H,10,15). The van der Waals surface area contributed by atoms with E-state index >= 15 is 0 Å². The van der Waals surface area contributed by atoms with E-state index < -0.39 is 0 Å². The number of amides is 1. The maximum absolute atomic E-state index is 11.0. The van der Waals surface area contributed by atoms with E-state index in [9.17, 15) is 4.79 Å². The highest BCUT2D eigenvalue weighted by Gasteiger charge is 2.09. The van der Waals surface area contributed by atoms with Crippen molar-refractivity contribution >= 4 is 17.2 Å². The van der Waals surface area contributed by atoms with Gasteiger partial charge in [-0.1, -0.05) is 0 Å². The highest BCUT2D eigenvalue weighted by atomic mass is 16.1. The molecule has 0 aliphatic rings. The van der Waals surface area contributed by atoms with Gasteiger partial charge in [0, 0.05) is 6.92 Å². The van der Waals surface area contributed by atoms with Gasteiger partial charge < -0.3 is 5.32 Å². The summed E-state index contributed by atoms with van der Waals surface area (Å²) in [6.07, 6.45) is 0. The van der Waals surface area contributed by atoms with Crippen LogP contribution in [0.1, 0.15) is 18.4 Å². The third kappa shape index (κ3) is 1.65. The van der Waals surface area contributed by atoms with Crippen molar-refractivity contribution < 1.29 is 4.79 Å². The smallest absolute Gasteiger partial charge is 0.221 e. The lowest BCUT2D eigenvalue weighted by Gasteiger charge is -2.04. The first kappa shape index (κ1) is 9.57. The Kier molecular flexibility index (Phi) is 2.11. The van der Waals surface area contributed by atoms with Gasteiger partial charge in [-0.15, -0.1) is 10.2 Å². The lowest BCUT2D eigenvalue weighted by atomic mass is 10.3. The van der Waals surface area contributed by atoms with Crippen molar-refractivity contribution in [1.29, 1.82) is 0 Å². The van der Waals surface area contributed by atoms with E-state index in [2.05, 4.69) is 20.6 Å². The number of nitrogens with zero attached hydrogens (tertiary/aromatic N) is 4. The lowest BCUT2D eigenvalue weighted by molar-refractivity contribution is -0.114. The van der Waals surface area contributed by atoms with E-state index in [0.717, 1.165) is 5.69 Å². The Morgan fingerprint density at radius 3 is 2.80 bits per heavy atom. The van der Waals surface area contributed by atoms with E-state index in [-0.39, 0.29) is 5.91 Å². The highest BCUT2D eigenvalue weighted by Crippen LogP contribution is 2.15. The summed E-state index contributed by atoms with van der Waals surface area (Å²) < 4.78 is 1.61. The summed E-state index contributed by atoms with van der Waals surface area (Å²) >= 11 is 0. The minimum atomic E-state index is -0.136. The normalized spacial score (nSPS) is 10.6. The average molecular weight is 205 g/mol. The highest BCUT2D eigenvalue weighted by molar-refractivity contribution is 5.92. The number of fused-ring (bicyclic) bond motifs is 1. The second kappa shape index (κ2) is 3.30. The van der Waals surface area contributed by atoms with Crippen LogP contribution in [0.5, 0.6) is 0 Å². The number of aromatic nitrogens is 4. The van der Waals surface area contributed by atoms with Gasteiger partial charge in [0.1, 0.15) is 0 Å². The predicted molar refractivity (Wildman–Crippen MR) is 54.6 cm³/mol. The van der Waals surface area contributed by atoms with E-state index in [1.54, 1.807) is 10.6 Å². The number of aryl methyl sites for hydroxylation is 2. The fraction of sp³-hybridized carbons (Fsp3) is 0.333. The predicted octanol–water partition coefficient (Wildman–Crippen LogP) is 0.700. The maximum atomic E-state index is 11.0. The van der Waals surface area contributed by atoms with Crippen molar-refractivity contribution in [3.05, 3.63) is 17.6 Å². The van der Waals surface area contributed by atoms with Crippen LogP contribution in [0.25, 0.3) is 5.65 Å². The molecule has 6 nitrogen and oxygen atoms in total. The molecule has 2 aromatic heterocycles. The number of carbonyl (C=O) groups excluding carboxylic acids is 1.